The molecule has 1 aromatic rings. The summed E-state index contributed by atoms with van der Waals surface area (Å²) in [6, 6.07) is 9.37. The molecule has 1 saturated heterocycles. The molecule has 21 heavy (non-hydrogen) atoms. The normalized spacial score (nSPS) is 45.8. The smallest absolute Gasteiger partial charge is 0.241 e. The molecule has 6 rings (SSSR count). The largest absolute Gasteiger partial charge is 0.274 e. The van der Waals surface area contributed by atoms with Gasteiger partial charge in [0.15, 0.2) is 0 Å². The zero-order valence-corrected chi connectivity index (χ0v) is 11.9. The predicted molar refractivity (Wildman–Crippen MR) is 78.2 cm³/mol. The first kappa shape index (κ1) is 11.7. The summed E-state index contributed by atoms with van der Waals surface area (Å²) in [5, 5.41) is 0. The molecule has 1 heterocycles. The van der Waals surface area contributed by atoms with E-state index >= 15 is 0 Å². The van der Waals surface area contributed by atoms with Crippen molar-refractivity contribution >= 4 is 17.5 Å². The molecule has 0 aromatic heterocycles. The molecular formula is C18H17NO2. The highest BCUT2D eigenvalue weighted by molar-refractivity contribution is 6.24. The van der Waals surface area contributed by atoms with Gasteiger partial charge in [0.2, 0.25) is 11.8 Å². The predicted octanol–water partition coefficient (Wildman–Crippen LogP) is 2.63. The molecule has 1 aliphatic heterocycles. The molecule has 3 nitrogen and oxygen atoms in total. The van der Waals surface area contributed by atoms with E-state index in [-0.39, 0.29) is 29.6 Å². The van der Waals surface area contributed by atoms with Crippen LogP contribution in [0.1, 0.15) is 13.3 Å². The van der Waals surface area contributed by atoms with E-state index in [0.29, 0.717) is 11.8 Å². The number of hydrogen-bond donors (Lipinski definition) is 0. The molecule has 0 unspecified atom stereocenters. The standard InChI is InChI=1S/C18H17NO2/c1-18-14-8-7-11(12-9-13(12)14)15(18)16(20)19(17(18)21)10-5-3-2-4-6-10/h2-8,11-15H,9H2,1H3/t11-,12+,13+,14-,15-,18+/m0/s1. The number of hydrogen-bond acceptors (Lipinski definition) is 2. The fourth-order valence-electron chi connectivity index (χ4n) is 5.23. The van der Waals surface area contributed by atoms with E-state index in [1.165, 1.54) is 11.3 Å². The van der Waals surface area contributed by atoms with Gasteiger partial charge in [-0.2, -0.15) is 0 Å². The number of amides is 2. The lowest BCUT2D eigenvalue weighted by atomic mass is 9.55. The van der Waals surface area contributed by atoms with Crippen molar-refractivity contribution in [2.45, 2.75) is 13.3 Å². The number of para-hydroxylation sites is 1. The molecule has 3 fully saturated rings. The van der Waals surface area contributed by atoms with E-state index in [1.807, 2.05) is 37.3 Å². The lowest BCUT2D eigenvalue weighted by molar-refractivity contribution is -0.134. The van der Waals surface area contributed by atoms with Gasteiger partial charge in [0.25, 0.3) is 0 Å². The van der Waals surface area contributed by atoms with Crippen LogP contribution in [0.3, 0.4) is 0 Å². The van der Waals surface area contributed by atoms with Crippen molar-refractivity contribution in [3.8, 4) is 0 Å². The van der Waals surface area contributed by atoms with Crippen molar-refractivity contribution in [3.05, 3.63) is 42.5 Å². The number of rotatable bonds is 1. The Morgan fingerprint density at radius 2 is 1.86 bits per heavy atom. The summed E-state index contributed by atoms with van der Waals surface area (Å²) in [5.41, 5.74) is 0.195. The van der Waals surface area contributed by atoms with Crippen molar-refractivity contribution in [2.24, 2.45) is 35.0 Å². The number of allylic oxidation sites excluding steroid dienone is 2. The summed E-state index contributed by atoms with van der Waals surface area (Å²) < 4.78 is 0. The van der Waals surface area contributed by atoms with Gasteiger partial charge in [-0.05, 0) is 49.1 Å². The molecule has 0 N–H and O–H groups in total. The number of imide groups is 1. The van der Waals surface area contributed by atoms with Crippen LogP contribution in [0, 0.1) is 35.0 Å². The minimum Gasteiger partial charge on any atom is -0.274 e. The monoisotopic (exact) mass is 279 g/mol. The second kappa shape index (κ2) is 3.46. The molecule has 2 amide bonds. The average molecular weight is 279 g/mol. The number of nitrogens with zero attached hydrogens (tertiary/aromatic N) is 1. The molecule has 2 bridgehead atoms. The maximum absolute atomic E-state index is 13.1. The molecule has 0 radical (unpaired) electrons. The van der Waals surface area contributed by atoms with Crippen LogP contribution in [-0.2, 0) is 9.59 Å². The third kappa shape index (κ3) is 1.18. The van der Waals surface area contributed by atoms with Crippen molar-refractivity contribution in [3.63, 3.8) is 0 Å². The van der Waals surface area contributed by atoms with Gasteiger partial charge in [0, 0.05) is 0 Å². The molecule has 1 aromatic carbocycles. The maximum atomic E-state index is 13.1. The lowest BCUT2D eigenvalue weighted by Crippen LogP contribution is -2.49. The van der Waals surface area contributed by atoms with Crippen molar-refractivity contribution < 1.29 is 9.59 Å². The minimum atomic E-state index is -0.524. The Balaban J connectivity index is 1.66. The van der Waals surface area contributed by atoms with Gasteiger partial charge in [0.05, 0.1) is 17.0 Å². The van der Waals surface area contributed by atoms with Crippen LogP contribution in [0.2, 0.25) is 0 Å². The fourth-order valence-corrected chi connectivity index (χ4v) is 5.23. The molecule has 6 atom stereocenters. The third-order valence-corrected chi connectivity index (χ3v) is 6.28. The van der Waals surface area contributed by atoms with Gasteiger partial charge in [-0.15, -0.1) is 0 Å². The molecule has 2 saturated carbocycles. The molecular weight excluding hydrogens is 262 g/mol. The van der Waals surface area contributed by atoms with Crippen LogP contribution in [0.5, 0.6) is 0 Å². The van der Waals surface area contributed by atoms with Crippen LogP contribution in [0.4, 0.5) is 5.69 Å². The number of anilines is 1. The van der Waals surface area contributed by atoms with Gasteiger partial charge in [-0.25, -0.2) is 4.90 Å². The van der Waals surface area contributed by atoms with E-state index in [9.17, 15) is 9.59 Å². The molecule has 3 heteroatoms. The second-order valence-corrected chi connectivity index (χ2v) is 7.13. The molecule has 106 valence electrons. The number of carbonyl (C=O) groups excluding carboxylic acids is 2. The van der Waals surface area contributed by atoms with Crippen molar-refractivity contribution in [1.29, 1.82) is 0 Å². The Bertz CT molecular complexity index is 694. The van der Waals surface area contributed by atoms with Crippen LogP contribution >= 0.6 is 0 Å². The third-order valence-electron chi connectivity index (χ3n) is 6.28. The lowest BCUT2D eigenvalue weighted by Gasteiger charge is -2.45. The van der Waals surface area contributed by atoms with Crippen molar-refractivity contribution in [1.82, 2.24) is 0 Å². The highest BCUT2D eigenvalue weighted by Crippen LogP contribution is 2.70. The quantitative estimate of drug-likeness (QED) is 0.585. The Morgan fingerprint density at radius 1 is 1.10 bits per heavy atom. The van der Waals surface area contributed by atoms with Gasteiger partial charge < -0.3 is 0 Å². The SMILES string of the molecule is C[C@]12C(=O)N(c3ccccc3)C(=O)[C@@H]1[C@H]1C=C[C@H]2[C@@H]2C[C@H]12. The topological polar surface area (TPSA) is 37.4 Å². The summed E-state index contributed by atoms with van der Waals surface area (Å²) in [4.78, 5) is 27.5. The number of carbonyl (C=O) groups is 2. The van der Waals surface area contributed by atoms with Crippen LogP contribution in [-0.4, -0.2) is 11.8 Å². The van der Waals surface area contributed by atoms with Crippen LogP contribution in [0.25, 0.3) is 0 Å². The first-order valence-electron chi connectivity index (χ1n) is 7.76. The fraction of sp³-hybridized carbons (Fsp3) is 0.444. The molecule has 4 aliphatic carbocycles. The summed E-state index contributed by atoms with van der Waals surface area (Å²) in [6.45, 7) is 2.02. The Morgan fingerprint density at radius 3 is 2.62 bits per heavy atom. The molecule has 0 spiro atoms. The summed E-state index contributed by atoms with van der Waals surface area (Å²) in [7, 11) is 0. The van der Waals surface area contributed by atoms with Gasteiger partial charge in [-0.3, -0.25) is 9.59 Å². The van der Waals surface area contributed by atoms with Crippen LogP contribution < -0.4 is 4.90 Å². The Labute approximate surface area is 123 Å². The van der Waals surface area contributed by atoms with Gasteiger partial charge in [-0.1, -0.05) is 30.4 Å². The zero-order valence-electron chi connectivity index (χ0n) is 11.9. The summed E-state index contributed by atoms with van der Waals surface area (Å²) in [6.07, 6.45) is 5.63. The highest BCUT2D eigenvalue weighted by Gasteiger charge is 2.72. The highest BCUT2D eigenvalue weighted by atomic mass is 16.2. The van der Waals surface area contributed by atoms with E-state index in [4.69, 9.17) is 0 Å². The van der Waals surface area contributed by atoms with E-state index in [2.05, 4.69) is 12.2 Å². The van der Waals surface area contributed by atoms with Gasteiger partial charge >= 0.3 is 0 Å². The van der Waals surface area contributed by atoms with E-state index in [0.717, 1.165) is 5.69 Å². The number of benzene rings is 1. The van der Waals surface area contributed by atoms with Crippen molar-refractivity contribution in [2.75, 3.05) is 4.90 Å². The van der Waals surface area contributed by atoms with Gasteiger partial charge in [0.1, 0.15) is 0 Å². The van der Waals surface area contributed by atoms with E-state index in [1.54, 1.807) is 0 Å². The maximum Gasteiger partial charge on any atom is 0.241 e. The zero-order chi connectivity index (χ0) is 14.4. The second-order valence-electron chi connectivity index (χ2n) is 7.13. The van der Waals surface area contributed by atoms with Crippen LogP contribution in [0.15, 0.2) is 42.5 Å². The summed E-state index contributed by atoms with van der Waals surface area (Å²) >= 11 is 0. The van der Waals surface area contributed by atoms with E-state index < -0.39 is 5.41 Å². The summed E-state index contributed by atoms with van der Waals surface area (Å²) in [5.74, 6) is 1.67. The Hall–Kier alpha value is -1.90. The average Bonchev–Trinajstić information content (AvgIpc) is 3.26. The first-order valence-corrected chi connectivity index (χ1v) is 7.76. The molecule has 5 aliphatic rings. The first-order chi connectivity index (χ1) is 10.1. The Kier molecular flexibility index (Phi) is 1.93. The minimum absolute atomic E-state index is 0.00778.